The lowest BCUT2D eigenvalue weighted by Crippen LogP contribution is -2.38. The molecule has 0 bridgehead atoms. The van der Waals surface area contributed by atoms with E-state index < -0.39 is 46.3 Å². The van der Waals surface area contributed by atoms with Gasteiger partial charge in [0.25, 0.3) is 0 Å². The van der Waals surface area contributed by atoms with E-state index >= 15 is 0 Å². The molecule has 1 aromatic carbocycles. The van der Waals surface area contributed by atoms with Gasteiger partial charge in [0.1, 0.15) is 0 Å². The average molecular weight is 279 g/mol. The summed E-state index contributed by atoms with van der Waals surface area (Å²) in [5.74, 6) is -7.26. The predicted molar refractivity (Wildman–Crippen MR) is 59.0 cm³/mol. The lowest BCUT2D eigenvalue weighted by Gasteiger charge is -2.29. The maximum atomic E-state index is 13.6. The first-order chi connectivity index (χ1) is 8.64. The topological polar surface area (TPSA) is 52.3 Å². The van der Waals surface area contributed by atoms with Crippen molar-refractivity contribution in [3.8, 4) is 0 Å². The largest absolute Gasteiger partial charge is 0.469 e. The first-order valence-electron chi connectivity index (χ1n) is 5.31. The molecule has 0 fully saturated rings. The van der Waals surface area contributed by atoms with Gasteiger partial charge in [0.2, 0.25) is 0 Å². The highest BCUT2D eigenvalue weighted by Crippen LogP contribution is 2.36. The fourth-order valence-corrected chi connectivity index (χ4v) is 1.62. The summed E-state index contributed by atoms with van der Waals surface area (Å²) in [6.45, 7) is 2.51. The zero-order valence-corrected chi connectivity index (χ0v) is 10.6. The van der Waals surface area contributed by atoms with Gasteiger partial charge in [0.15, 0.2) is 23.3 Å². The Bertz CT molecular complexity index is 491. The van der Waals surface area contributed by atoms with Gasteiger partial charge in [0, 0.05) is 11.6 Å². The van der Waals surface area contributed by atoms with Crippen LogP contribution in [0.2, 0.25) is 0 Å². The Morgan fingerprint density at radius 2 is 1.63 bits per heavy atom. The molecule has 1 aromatic rings. The van der Waals surface area contributed by atoms with Crippen LogP contribution in [0.3, 0.4) is 0 Å². The van der Waals surface area contributed by atoms with Crippen molar-refractivity contribution >= 4 is 5.97 Å². The normalized spacial score (nSPS) is 13.3. The van der Waals surface area contributed by atoms with Crippen LogP contribution in [0.4, 0.5) is 17.6 Å². The van der Waals surface area contributed by atoms with E-state index in [0.29, 0.717) is 0 Å². The maximum Gasteiger partial charge on any atom is 0.313 e. The molecule has 19 heavy (non-hydrogen) atoms. The Hall–Kier alpha value is -1.63. The smallest absolute Gasteiger partial charge is 0.313 e. The summed E-state index contributed by atoms with van der Waals surface area (Å²) < 4.78 is 57.8. The molecule has 0 aromatic heterocycles. The number of rotatable bonds is 3. The number of ether oxygens (including phenoxy) is 1. The number of benzene rings is 1. The lowest BCUT2D eigenvalue weighted by atomic mass is 9.80. The molecule has 0 saturated carbocycles. The van der Waals surface area contributed by atoms with E-state index in [1.165, 1.54) is 13.8 Å². The number of carbonyl (C=O) groups is 1. The van der Waals surface area contributed by atoms with Crippen molar-refractivity contribution in [3.63, 3.8) is 0 Å². The second kappa shape index (κ2) is 5.16. The minimum atomic E-state index is -1.62. The number of hydrogen-bond donors (Lipinski definition) is 1. The Balaban J connectivity index is 3.42. The second-order valence-electron chi connectivity index (χ2n) is 4.57. The molecule has 106 valence electrons. The summed E-state index contributed by atoms with van der Waals surface area (Å²) >= 11 is 0. The number of halogens is 4. The Morgan fingerprint density at radius 3 is 2.00 bits per heavy atom. The average Bonchev–Trinajstić information content (AvgIpc) is 2.35. The second-order valence-corrected chi connectivity index (χ2v) is 4.57. The highest BCUT2D eigenvalue weighted by Gasteiger charge is 2.40. The van der Waals surface area contributed by atoms with E-state index in [-0.39, 0.29) is 6.07 Å². The Morgan fingerprint density at radius 1 is 1.21 bits per heavy atom. The summed E-state index contributed by atoms with van der Waals surface area (Å²) in [6, 6.07) is -1.53. The van der Waals surface area contributed by atoms with Crippen LogP contribution in [0.5, 0.6) is 0 Å². The number of esters is 1. The third-order valence-electron chi connectivity index (χ3n) is 2.95. The van der Waals surface area contributed by atoms with E-state index in [1.807, 2.05) is 0 Å². The van der Waals surface area contributed by atoms with Gasteiger partial charge in [-0.3, -0.25) is 4.79 Å². The SMILES string of the molecule is COC(=O)C(C)(C)[C@@H](N)c1c(F)c(F)cc(F)c1F. The van der Waals surface area contributed by atoms with Crippen molar-refractivity contribution in [3.05, 3.63) is 34.9 Å². The predicted octanol–water partition coefficient (Wildman–Crippen LogP) is 2.44. The third-order valence-corrected chi connectivity index (χ3v) is 2.95. The van der Waals surface area contributed by atoms with Crippen molar-refractivity contribution in [1.82, 2.24) is 0 Å². The van der Waals surface area contributed by atoms with Gasteiger partial charge in [-0.25, -0.2) is 17.6 Å². The third kappa shape index (κ3) is 2.56. The first kappa shape index (κ1) is 15.4. The summed E-state index contributed by atoms with van der Waals surface area (Å²) in [6.07, 6.45) is 0. The molecule has 0 aliphatic heterocycles. The van der Waals surface area contributed by atoms with E-state index in [9.17, 15) is 22.4 Å². The molecule has 3 nitrogen and oxygen atoms in total. The zero-order valence-electron chi connectivity index (χ0n) is 10.6. The molecule has 0 amide bonds. The molecule has 1 atom stereocenters. The quantitative estimate of drug-likeness (QED) is 0.525. The van der Waals surface area contributed by atoms with Crippen LogP contribution in [0.1, 0.15) is 25.5 Å². The van der Waals surface area contributed by atoms with Gasteiger partial charge < -0.3 is 10.5 Å². The van der Waals surface area contributed by atoms with E-state index in [4.69, 9.17) is 5.73 Å². The summed E-state index contributed by atoms with van der Waals surface area (Å²) in [5.41, 5.74) is 3.00. The molecule has 1 rings (SSSR count). The molecule has 7 heteroatoms. The Kier molecular flexibility index (Phi) is 4.19. The van der Waals surface area contributed by atoms with Crippen LogP contribution in [0.25, 0.3) is 0 Å². The van der Waals surface area contributed by atoms with Crippen LogP contribution in [0, 0.1) is 28.7 Å². The van der Waals surface area contributed by atoms with E-state index in [1.54, 1.807) is 0 Å². The monoisotopic (exact) mass is 279 g/mol. The minimum absolute atomic E-state index is 0.0754. The zero-order chi connectivity index (χ0) is 15.0. The molecule has 0 unspecified atom stereocenters. The summed E-state index contributed by atoms with van der Waals surface area (Å²) in [7, 11) is 1.07. The number of hydrogen-bond acceptors (Lipinski definition) is 3. The van der Waals surface area contributed by atoms with Crippen molar-refractivity contribution in [2.45, 2.75) is 19.9 Å². The highest BCUT2D eigenvalue weighted by atomic mass is 19.2. The molecule has 0 heterocycles. The molecular formula is C12H13F4NO2. The molecule has 0 spiro atoms. The molecule has 0 aliphatic rings. The lowest BCUT2D eigenvalue weighted by molar-refractivity contribution is -0.152. The maximum absolute atomic E-state index is 13.6. The highest BCUT2D eigenvalue weighted by molar-refractivity contribution is 5.77. The van der Waals surface area contributed by atoms with E-state index in [2.05, 4.69) is 4.74 Å². The summed E-state index contributed by atoms with van der Waals surface area (Å²) in [4.78, 5) is 11.5. The van der Waals surface area contributed by atoms with Crippen LogP contribution in [-0.4, -0.2) is 13.1 Å². The van der Waals surface area contributed by atoms with Crippen molar-refractivity contribution < 1.29 is 27.1 Å². The van der Waals surface area contributed by atoms with Gasteiger partial charge >= 0.3 is 5.97 Å². The standard InChI is InChI=1S/C12H13F4NO2/c1-12(2,11(18)19-3)10(17)7-8(15)5(13)4-6(14)9(7)16/h4,10H,17H2,1-3H3/t10-/m0/s1. The van der Waals surface area contributed by atoms with Crippen LogP contribution in [0.15, 0.2) is 6.07 Å². The molecule has 0 saturated heterocycles. The van der Waals surface area contributed by atoms with Crippen molar-refractivity contribution in [2.24, 2.45) is 11.1 Å². The van der Waals surface area contributed by atoms with Crippen LogP contribution >= 0.6 is 0 Å². The molecule has 0 radical (unpaired) electrons. The number of carbonyl (C=O) groups excluding carboxylic acids is 1. The van der Waals surface area contributed by atoms with Gasteiger partial charge in [-0.1, -0.05) is 0 Å². The first-order valence-corrected chi connectivity index (χ1v) is 5.31. The minimum Gasteiger partial charge on any atom is -0.469 e. The molecule has 2 N–H and O–H groups in total. The molecular weight excluding hydrogens is 266 g/mol. The van der Waals surface area contributed by atoms with Gasteiger partial charge in [-0.2, -0.15) is 0 Å². The fraction of sp³-hybridized carbons (Fsp3) is 0.417. The van der Waals surface area contributed by atoms with Gasteiger partial charge in [0.05, 0.1) is 18.6 Å². The Labute approximate surface area is 107 Å². The van der Waals surface area contributed by atoms with Crippen LogP contribution in [-0.2, 0) is 9.53 Å². The summed E-state index contributed by atoms with van der Waals surface area (Å²) in [5, 5.41) is 0. The van der Waals surface area contributed by atoms with Crippen LogP contribution < -0.4 is 5.73 Å². The van der Waals surface area contributed by atoms with E-state index in [0.717, 1.165) is 7.11 Å². The number of nitrogens with two attached hydrogens (primary N) is 1. The van der Waals surface area contributed by atoms with Gasteiger partial charge in [-0.05, 0) is 13.8 Å². The molecule has 0 aliphatic carbocycles. The van der Waals surface area contributed by atoms with Crippen molar-refractivity contribution in [2.75, 3.05) is 7.11 Å². The van der Waals surface area contributed by atoms with Crippen molar-refractivity contribution in [1.29, 1.82) is 0 Å². The fourth-order valence-electron chi connectivity index (χ4n) is 1.62. The van der Waals surface area contributed by atoms with Gasteiger partial charge in [-0.15, -0.1) is 0 Å². The number of methoxy groups -OCH3 is 1.